The van der Waals surface area contributed by atoms with Crippen molar-refractivity contribution in [1.82, 2.24) is 15.2 Å². The molecule has 1 heterocycles. The maximum absolute atomic E-state index is 5.94. The van der Waals surface area contributed by atoms with Crippen molar-refractivity contribution in [2.45, 2.75) is 12.5 Å². The summed E-state index contributed by atoms with van der Waals surface area (Å²) < 4.78 is 1.70. The van der Waals surface area contributed by atoms with Crippen LogP contribution in [0.1, 0.15) is 18.2 Å². The first-order valence-corrected chi connectivity index (χ1v) is 4.33. The van der Waals surface area contributed by atoms with Crippen molar-refractivity contribution in [3.8, 4) is 0 Å². The van der Waals surface area contributed by atoms with Gasteiger partial charge in [-0.2, -0.15) is 5.10 Å². The average molecular weight is 201 g/mol. The van der Waals surface area contributed by atoms with Crippen LogP contribution in [-0.2, 0) is 7.05 Å². The second-order valence-corrected chi connectivity index (χ2v) is 3.15. The van der Waals surface area contributed by atoms with Gasteiger partial charge in [0.2, 0.25) is 0 Å². The normalized spacial score (nSPS) is 12.8. The molecule has 72 valence electrons. The fraction of sp³-hybridized carbons (Fsp3) is 0.375. The minimum Gasteiger partial charge on any atom is -0.271 e. The Morgan fingerprint density at radius 2 is 2.62 bits per heavy atom. The Labute approximate surface area is 82.3 Å². The number of aryl methyl sites for hydroxylation is 1. The zero-order valence-corrected chi connectivity index (χ0v) is 8.25. The molecule has 0 saturated heterocycles. The van der Waals surface area contributed by atoms with E-state index < -0.39 is 0 Å². The Morgan fingerprint density at radius 3 is 3.00 bits per heavy atom. The van der Waals surface area contributed by atoms with Gasteiger partial charge in [-0.1, -0.05) is 17.7 Å². The van der Waals surface area contributed by atoms with E-state index in [1.165, 1.54) is 0 Å². The third-order valence-electron chi connectivity index (χ3n) is 1.87. The highest BCUT2D eigenvalue weighted by Crippen LogP contribution is 2.23. The van der Waals surface area contributed by atoms with Crippen molar-refractivity contribution < 1.29 is 0 Å². The van der Waals surface area contributed by atoms with Crippen LogP contribution in [0.15, 0.2) is 18.9 Å². The molecular formula is C8H13ClN4. The molecule has 0 radical (unpaired) electrons. The molecule has 0 saturated carbocycles. The van der Waals surface area contributed by atoms with Crippen molar-refractivity contribution in [3.63, 3.8) is 0 Å². The highest BCUT2D eigenvalue weighted by Gasteiger charge is 2.15. The zero-order valence-electron chi connectivity index (χ0n) is 7.50. The number of hydrogen-bond donors (Lipinski definition) is 2. The third-order valence-corrected chi connectivity index (χ3v) is 2.16. The average Bonchev–Trinajstić information content (AvgIpc) is 2.43. The molecule has 13 heavy (non-hydrogen) atoms. The molecule has 5 heteroatoms. The summed E-state index contributed by atoms with van der Waals surface area (Å²) in [6.45, 7) is 3.65. The van der Waals surface area contributed by atoms with Gasteiger partial charge in [0.05, 0.1) is 23.0 Å². The first-order valence-electron chi connectivity index (χ1n) is 3.95. The van der Waals surface area contributed by atoms with Crippen molar-refractivity contribution in [3.05, 3.63) is 29.6 Å². The quantitative estimate of drug-likeness (QED) is 0.436. The van der Waals surface area contributed by atoms with E-state index in [9.17, 15) is 0 Å². The minimum absolute atomic E-state index is 0.0301. The van der Waals surface area contributed by atoms with Gasteiger partial charge in [-0.25, -0.2) is 0 Å². The zero-order chi connectivity index (χ0) is 9.84. The molecule has 1 aromatic rings. The predicted molar refractivity (Wildman–Crippen MR) is 53.1 cm³/mol. The lowest BCUT2D eigenvalue weighted by atomic mass is 10.1. The molecule has 0 spiro atoms. The molecule has 3 N–H and O–H groups in total. The maximum atomic E-state index is 5.94. The number of aromatic nitrogens is 2. The molecule has 1 unspecified atom stereocenters. The van der Waals surface area contributed by atoms with Crippen molar-refractivity contribution in [2.24, 2.45) is 12.9 Å². The van der Waals surface area contributed by atoms with Crippen LogP contribution in [0.25, 0.3) is 0 Å². The highest BCUT2D eigenvalue weighted by atomic mass is 35.5. The number of nitrogens with one attached hydrogen (secondary N) is 1. The number of nitrogens with two attached hydrogens (primary N) is 1. The van der Waals surface area contributed by atoms with Crippen LogP contribution in [0.3, 0.4) is 0 Å². The van der Waals surface area contributed by atoms with Gasteiger partial charge in [0.15, 0.2) is 0 Å². The van der Waals surface area contributed by atoms with Crippen LogP contribution in [0, 0.1) is 0 Å². The van der Waals surface area contributed by atoms with E-state index in [1.807, 2.05) is 7.05 Å². The number of hydrogen-bond acceptors (Lipinski definition) is 3. The summed E-state index contributed by atoms with van der Waals surface area (Å²) in [6, 6.07) is -0.0301. The SMILES string of the molecule is C=CCC(NN)c1c(Cl)cnn1C. The smallest absolute Gasteiger partial charge is 0.0834 e. The van der Waals surface area contributed by atoms with Gasteiger partial charge in [0.25, 0.3) is 0 Å². The molecule has 0 bridgehead atoms. The van der Waals surface area contributed by atoms with Gasteiger partial charge in [0, 0.05) is 7.05 Å². The Bertz CT molecular complexity index is 275. The van der Waals surface area contributed by atoms with Gasteiger partial charge in [-0.15, -0.1) is 6.58 Å². The Morgan fingerprint density at radius 1 is 1.92 bits per heavy atom. The number of hydrazine groups is 1. The van der Waals surface area contributed by atoms with Crippen LogP contribution in [0.2, 0.25) is 5.02 Å². The van der Waals surface area contributed by atoms with Gasteiger partial charge >= 0.3 is 0 Å². The molecule has 0 fully saturated rings. The van der Waals surface area contributed by atoms with Gasteiger partial charge < -0.3 is 0 Å². The van der Waals surface area contributed by atoms with Gasteiger partial charge in [-0.05, 0) is 6.42 Å². The topological polar surface area (TPSA) is 55.9 Å². The second-order valence-electron chi connectivity index (χ2n) is 2.74. The van der Waals surface area contributed by atoms with Crippen molar-refractivity contribution in [2.75, 3.05) is 0 Å². The Balaban J connectivity index is 2.95. The molecule has 0 aliphatic rings. The molecule has 1 aromatic heterocycles. The second kappa shape index (κ2) is 4.41. The summed E-state index contributed by atoms with van der Waals surface area (Å²) in [5, 5.41) is 4.64. The molecule has 1 rings (SSSR count). The molecule has 1 atom stereocenters. The first kappa shape index (κ1) is 10.2. The van der Waals surface area contributed by atoms with Crippen LogP contribution >= 0.6 is 11.6 Å². The molecule has 4 nitrogen and oxygen atoms in total. The summed E-state index contributed by atoms with van der Waals surface area (Å²) in [5.74, 6) is 5.39. The number of rotatable bonds is 4. The summed E-state index contributed by atoms with van der Waals surface area (Å²) in [4.78, 5) is 0. The molecular weight excluding hydrogens is 188 g/mol. The van der Waals surface area contributed by atoms with E-state index >= 15 is 0 Å². The molecule has 0 aromatic carbocycles. The number of halogens is 1. The van der Waals surface area contributed by atoms with Crippen molar-refractivity contribution >= 4 is 11.6 Å². The van der Waals surface area contributed by atoms with Crippen LogP contribution < -0.4 is 11.3 Å². The lowest BCUT2D eigenvalue weighted by Crippen LogP contribution is -2.29. The summed E-state index contributed by atoms with van der Waals surface area (Å²) in [7, 11) is 1.83. The van der Waals surface area contributed by atoms with Gasteiger partial charge in [-0.3, -0.25) is 16.0 Å². The van der Waals surface area contributed by atoms with Crippen LogP contribution in [0.5, 0.6) is 0 Å². The largest absolute Gasteiger partial charge is 0.271 e. The van der Waals surface area contributed by atoms with E-state index in [1.54, 1.807) is 17.0 Å². The summed E-state index contributed by atoms with van der Waals surface area (Å²) in [5.41, 5.74) is 3.55. The van der Waals surface area contributed by atoms with E-state index in [0.717, 1.165) is 12.1 Å². The number of nitrogens with zero attached hydrogens (tertiary/aromatic N) is 2. The van der Waals surface area contributed by atoms with Crippen molar-refractivity contribution in [1.29, 1.82) is 0 Å². The van der Waals surface area contributed by atoms with E-state index in [-0.39, 0.29) is 6.04 Å². The highest BCUT2D eigenvalue weighted by molar-refractivity contribution is 6.31. The standard InChI is InChI=1S/C8H13ClN4/c1-3-4-7(12-10)8-6(9)5-11-13(8)2/h3,5,7,12H,1,4,10H2,2H3. The molecule has 0 aliphatic carbocycles. The Hall–Kier alpha value is -0.840. The van der Waals surface area contributed by atoms with Crippen LogP contribution in [-0.4, -0.2) is 9.78 Å². The Kier molecular flexibility index (Phi) is 3.48. The third kappa shape index (κ3) is 2.09. The predicted octanol–water partition coefficient (Wildman–Crippen LogP) is 1.15. The lowest BCUT2D eigenvalue weighted by molar-refractivity contribution is 0.516. The fourth-order valence-electron chi connectivity index (χ4n) is 1.24. The maximum Gasteiger partial charge on any atom is 0.0834 e. The summed E-state index contributed by atoms with van der Waals surface area (Å²) >= 11 is 5.94. The molecule has 0 aliphatic heterocycles. The minimum atomic E-state index is -0.0301. The van der Waals surface area contributed by atoms with E-state index in [0.29, 0.717) is 5.02 Å². The van der Waals surface area contributed by atoms with Gasteiger partial charge in [0.1, 0.15) is 0 Å². The molecule has 0 amide bonds. The monoisotopic (exact) mass is 200 g/mol. The lowest BCUT2D eigenvalue weighted by Gasteiger charge is -2.14. The van der Waals surface area contributed by atoms with E-state index in [2.05, 4.69) is 17.1 Å². The fourth-order valence-corrected chi connectivity index (χ4v) is 1.54. The summed E-state index contributed by atoms with van der Waals surface area (Å²) in [6.07, 6.45) is 4.11. The first-order chi connectivity index (χ1) is 6.20. The van der Waals surface area contributed by atoms with Crippen LogP contribution in [0.4, 0.5) is 0 Å². The van der Waals surface area contributed by atoms with E-state index in [4.69, 9.17) is 17.4 Å².